The van der Waals surface area contributed by atoms with E-state index in [1.807, 2.05) is 18.7 Å². The van der Waals surface area contributed by atoms with Crippen LogP contribution in [0.5, 0.6) is 0 Å². The molecule has 116 valence electrons. The molecule has 0 aliphatic heterocycles. The summed E-state index contributed by atoms with van der Waals surface area (Å²) in [6, 6.07) is 4.86. The molecule has 22 heavy (non-hydrogen) atoms. The molecule has 6 heteroatoms. The minimum atomic E-state index is -1.18. The van der Waals surface area contributed by atoms with Gasteiger partial charge < -0.3 is 10.2 Å². The Balaban J connectivity index is 2.28. The summed E-state index contributed by atoms with van der Waals surface area (Å²) in [6.07, 6.45) is 0. The van der Waals surface area contributed by atoms with Crippen LogP contribution in [0.3, 0.4) is 0 Å². The number of thiocarbonyl (C=S) groups is 1. The van der Waals surface area contributed by atoms with Gasteiger partial charge in [0.1, 0.15) is 11.7 Å². The van der Waals surface area contributed by atoms with Gasteiger partial charge in [0.25, 0.3) is 0 Å². The quantitative estimate of drug-likeness (QED) is 0.679. The van der Waals surface area contributed by atoms with Crippen molar-refractivity contribution in [3.63, 3.8) is 0 Å². The fourth-order valence-electron chi connectivity index (χ4n) is 2.55. The first-order chi connectivity index (χ1) is 10.4. The van der Waals surface area contributed by atoms with E-state index in [0.717, 1.165) is 13.1 Å². The molecule has 1 N–H and O–H groups in total. The summed E-state index contributed by atoms with van der Waals surface area (Å²) in [5.74, 6) is -2.44. The molecule has 1 aromatic carbocycles. The highest BCUT2D eigenvalue weighted by molar-refractivity contribution is 7.80. The van der Waals surface area contributed by atoms with Gasteiger partial charge in [-0.05, 0) is 51.2 Å². The zero-order valence-corrected chi connectivity index (χ0v) is 13.6. The number of rotatable bonds is 4. The Morgan fingerprint density at radius 1 is 1.18 bits per heavy atom. The average Bonchev–Trinajstić information content (AvgIpc) is 2.71. The number of hydrogen-bond acceptors (Lipinski definition) is 4. The number of carbonyl (C=O) groups is 3. The van der Waals surface area contributed by atoms with Crippen molar-refractivity contribution in [2.75, 3.05) is 18.4 Å². The molecule has 0 radical (unpaired) electrons. The molecule has 0 saturated carbocycles. The molecule has 0 bridgehead atoms. The van der Waals surface area contributed by atoms with Gasteiger partial charge in [0, 0.05) is 29.9 Å². The van der Waals surface area contributed by atoms with E-state index < -0.39 is 23.3 Å². The average molecular weight is 318 g/mol. The smallest absolute Gasteiger partial charge is 0.181 e. The number of hydrogen-bond donors (Lipinski definition) is 1. The normalized spacial score (nSPS) is 16.4. The van der Waals surface area contributed by atoms with Crippen LogP contribution < -0.4 is 5.32 Å². The molecular weight excluding hydrogens is 300 g/mol. The molecular formula is C16H18N2O3S. The van der Waals surface area contributed by atoms with E-state index in [1.54, 1.807) is 18.2 Å². The summed E-state index contributed by atoms with van der Waals surface area (Å²) in [7, 11) is 0. The Morgan fingerprint density at radius 3 is 2.32 bits per heavy atom. The van der Waals surface area contributed by atoms with Gasteiger partial charge in [-0.25, -0.2) is 0 Å². The molecule has 0 heterocycles. The molecule has 0 saturated heterocycles. The van der Waals surface area contributed by atoms with Gasteiger partial charge in [-0.2, -0.15) is 0 Å². The first-order valence-electron chi connectivity index (χ1n) is 7.19. The lowest BCUT2D eigenvalue weighted by Crippen LogP contribution is -2.34. The lowest BCUT2D eigenvalue weighted by Gasteiger charge is -2.22. The Kier molecular flexibility index (Phi) is 4.71. The minimum absolute atomic E-state index is 0.289. The zero-order chi connectivity index (χ0) is 16.4. The lowest BCUT2D eigenvalue weighted by molar-refractivity contribution is -0.118. The van der Waals surface area contributed by atoms with E-state index in [-0.39, 0.29) is 5.56 Å². The topological polar surface area (TPSA) is 66.5 Å². The van der Waals surface area contributed by atoms with Crippen LogP contribution in [0.1, 0.15) is 41.5 Å². The fourth-order valence-corrected chi connectivity index (χ4v) is 2.93. The summed E-state index contributed by atoms with van der Waals surface area (Å²) in [5.41, 5.74) is 1.24. The summed E-state index contributed by atoms with van der Waals surface area (Å²) in [5, 5.41) is 3.62. The van der Waals surface area contributed by atoms with Crippen molar-refractivity contribution in [3.8, 4) is 0 Å². The van der Waals surface area contributed by atoms with Crippen LogP contribution in [0.2, 0.25) is 0 Å². The van der Waals surface area contributed by atoms with Gasteiger partial charge >= 0.3 is 0 Å². The molecule has 2 rings (SSSR count). The second kappa shape index (κ2) is 6.36. The van der Waals surface area contributed by atoms with Crippen molar-refractivity contribution < 1.29 is 14.4 Å². The zero-order valence-electron chi connectivity index (χ0n) is 12.8. The van der Waals surface area contributed by atoms with E-state index in [4.69, 9.17) is 12.2 Å². The van der Waals surface area contributed by atoms with E-state index in [9.17, 15) is 14.4 Å². The Labute approximate surface area is 134 Å². The van der Waals surface area contributed by atoms with E-state index in [0.29, 0.717) is 16.4 Å². The number of benzene rings is 1. The van der Waals surface area contributed by atoms with E-state index in [1.165, 1.54) is 6.92 Å². The van der Waals surface area contributed by atoms with Crippen molar-refractivity contribution in [3.05, 3.63) is 29.3 Å². The van der Waals surface area contributed by atoms with Gasteiger partial charge in [0.15, 0.2) is 16.7 Å². The van der Waals surface area contributed by atoms with Gasteiger partial charge in [-0.15, -0.1) is 0 Å². The van der Waals surface area contributed by atoms with Crippen molar-refractivity contribution in [2.45, 2.75) is 20.8 Å². The number of carbonyl (C=O) groups excluding carboxylic acids is 3. The third-order valence-electron chi connectivity index (χ3n) is 3.78. The SMILES string of the molecule is CCN(CC)C(=S)Nc1ccc2c(c1)C(=O)C(C(C)=O)C2=O. The predicted octanol–water partition coefficient (Wildman–Crippen LogP) is 2.31. The molecule has 1 unspecified atom stereocenters. The van der Waals surface area contributed by atoms with Crippen LogP contribution in [-0.4, -0.2) is 40.5 Å². The van der Waals surface area contributed by atoms with Crippen LogP contribution in [-0.2, 0) is 4.79 Å². The summed E-state index contributed by atoms with van der Waals surface area (Å²) in [6.45, 7) is 6.81. The van der Waals surface area contributed by atoms with Gasteiger partial charge in [0.05, 0.1) is 0 Å². The molecule has 1 atom stereocenters. The highest BCUT2D eigenvalue weighted by atomic mass is 32.1. The molecule has 0 spiro atoms. The van der Waals surface area contributed by atoms with Crippen LogP contribution >= 0.6 is 12.2 Å². The van der Waals surface area contributed by atoms with Gasteiger partial charge in [0.2, 0.25) is 0 Å². The number of Topliss-reactive ketones (excluding diaryl/α,β-unsaturated/α-hetero) is 3. The third-order valence-corrected chi connectivity index (χ3v) is 4.14. The van der Waals surface area contributed by atoms with Crippen molar-refractivity contribution in [1.29, 1.82) is 0 Å². The van der Waals surface area contributed by atoms with E-state index in [2.05, 4.69) is 5.32 Å². The molecule has 5 nitrogen and oxygen atoms in total. The number of nitrogens with one attached hydrogen (secondary N) is 1. The molecule has 0 aromatic heterocycles. The number of anilines is 1. The second-order valence-corrected chi connectivity index (χ2v) is 5.52. The largest absolute Gasteiger partial charge is 0.350 e. The van der Waals surface area contributed by atoms with Crippen LogP contribution in [0.25, 0.3) is 0 Å². The second-order valence-electron chi connectivity index (χ2n) is 5.13. The maximum Gasteiger partial charge on any atom is 0.181 e. The molecule has 0 amide bonds. The first-order valence-corrected chi connectivity index (χ1v) is 7.60. The minimum Gasteiger partial charge on any atom is -0.350 e. The number of nitrogens with zero attached hydrogens (tertiary/aromatic N) is 1. The predicted molar refractivity (Wildman–Crippen MR) is 88.4 cm³/mol. The van der Waals surface area contributed by atoms with Crippen molar-refractivity contribution in [2.24, 2.45) is 5.92 Å². The molecule has 1 aromatic rings. The van der Waals surface area contributed by atoms with Crippen LogP contribution in [0.15, 0.2) is 18.2 Å². The Hall–Kier alpha value is -2.08. The van der Waals surface area contributed by atoms with Crippen molar-refractivity contribution in [1.82, 2.24) is 4.90 Å². The molecule has 0 fully saturated rings. The monoisotopic (exact) mass is 318 g/mol. The van der Waals surface area contributed by atoms with E-state index >= 15 is 0 Å². The maximum absolute atomic E-state index is 12.2. The van der Waals surface area contributed by atoms with Gasteiger partial charge in [-0.3, -0.25) is 14.4 Å². The fraction of sp³-hybridized carbons (Fsp3) is 0.375. The maximum atomic E-state index is 12.2. The third kappa shape index (κ3) is 2.78. The Morgan fingerprint density at radius 2 is 1.77 bits per heavy atom. The molecule has 1 aliphatic carbocycles. The lowest BCUT2D eigenvalue weighted by atomic mass is 10.00. The van der Waals surface area contributed by atoms with Crippen LogP contribution in [0.4, 0.5) is 5.69 Å². The summed E-state index contributed by atoms with van der Waals surface area (Å²) < 4.78 is 0. The number of ketones is 3. The van der Waals surface area contributed by atoms with Crippen LogP contribution in [0, 0.1) is 5.92 Å². The van der Waals surface area contributed by atoms with Crippen molar-refractivity contribution >= 4 is 40.4 Å². The molecule has 1 aliphatic rings. The highest BCUT2D eigenvalue weighted by Gasteiger charge is 2.41. The standard InChI is InChI=1S/C16H18N2O3S/c1-4-18(5-2)16(22)17-10-6-7-11-12(8-10)15(21)13(9(3)19)14(11)20/h6-8,13H,4-5H2,1-3H3,(H,17,22). The first kappa shape index (κ1) is 16.3. The van der Waals surface area contributed by atoms with Gasteiger partial charge in [-0.1, -0.05) is 0 Å². The number of fused-ring (bicyclic) bond motifs is 1. The Bertz CT molecular complexity index is 665. The highest BCUT2D eigenvalue weighted by Crippen LogP contribution is 2.29. The summed E-state index contributed by atoms with van der Waals surface area (Å²) >= 11 is 5.31. The summed E-state index contributed by atoms with van der Waals surface area (Å²) in [4.78, 5) is 37.8.